The summed E-state index contributed by atoms with van der Waals surface area (Å²) in [6.07, 6.45) is 3.03. The number of fused-ring (bicyclic) bond motifs is 3. The van der Waals surface area contributed by atoms with Gasteiger partial charge in [-0.15, -0.1) is 0 Å². The topological polar surface area (TPSA) is 97.6 Å². The van der Waals surface area contributed by atoms with E-state index in [1.54, 1.807) is 6.20 Å². The molecule has 8 nitrogen and oxygen atoms in total. The molecule has 0 aliphatic heterocycles. The molecule has 4 aromatic rings. The molecule has 0 fully saturated rings. The van der Waals surface area contributed by atoms with Crippen molar-refractivity contribution in [2.24, 2.45) is 0 Å². The predicted octanol–water partition coefficient (Wildman–Crippen LogP) is 3.15. The molecule has 3 aromatic heterocycles. The lowest BCUT2D eigenvalue weighted by atomic mass is 10.0. The van der Waals surface area contributed by atoms with Gasteiger partial charge in [0, 0.05) is 12.2 Å². The van der Waals surface area contributed by atoms with Gasteiger partial charge >= 0.3 is 6.03 Å². The molecule has 3 heterocycles. The highest BCUT2D eigenvalue weighted by molar-refractivity contribution is 6.03. The van der Waals surface area contributed by atoms with E-state index in [0.29, 0.717) is 27.9 Å². The van der Waals surface area contributed by atoms with Gasteiger partial charge in [0.15, 0.2) is 5.65 Å². The number of aromatic nitrogens is 5. The van der Waals surface area contributed by atoms with Crippen LogP contribution in [-0.2, 0) is 0 Å². The van der Waals surface area contributed by atoms with Gasteiger partial charge in [0.05, 0.1) is 28.2 Å². The summed E-state index contributed by atoms with van der Waals surface area (Å²) < 4.78 is 2.70. The van der Waals surface area contributed by atoms with Crippen LogP contribution in [0, 0.1) is 0 Å². The molecule has 0 spiro atoms. The van der Waals surface area contributed by atoms with Crippen molar-refractivity contribution < 1.29 is 4.79 Å². The van der Waals surface area contributed by atoms with E-state index >= 15 is 0 Å². The van der Waals surface area contributed by atoms with Crippen LogP contribution in [0.5, 0.6) is 0 Å². The van der Waals surface area contributed by atoms with E-state index in [2.05, 4.69) is 34.3 Å². The van der Waals surface area contributed by atoms with Crippen molar-refractivity contribution >= 4 is 28.0 Å². The first-order chi connectivity index (χ1) is 13.4. The Morgan fingerprint density at radius 3 is 2.43 bits per heavy atom. The van der Waals surface area contributed by atoms with E-state index in [-0.39, 0.29) is 17.6 Å². The first kappa shape index (κ1) is 18.0. The van der Waals surface area contributed by atoms with Crippen molar-refractivity contribution in [2.75, 3.05) is 0 Å². The first-order valence-corrected chi connectivity index (χ1v) is 9.25. The van der Waals surface area contributed by atoms with Crippen LogP contribution in [0.4, 0.5) is 4.79 Å². The van der Waals surface area contributed by atoms with Crippen molar-refractivity contribution in [2.45, 2.75) is 39.7 Å². The summed E-state index contributed by atoms with van der Waals surface area (Å²) in [7, 11) is 0. The molecule has 0 saturated carbocycles. The Labute approximate surface area is 161 Å². The minimum absolute atomic E-state index is 0.0230. The number of H-pyrrole nitrogens is 1. The average Bonchev–Trinajstić information content (AvgIpc) is 3.22. The number of pyridine rings is 1. The summed E-state index contributed by atoms with van der Waals surface area (Å²) in [5.74, 6) is 0.417. The number of hydrogen-bond acceptors (Lipinski definition) is 4. The highest BCUT2D eigenvalue weighted by atomic mass is 16.2. The van der Waals surface area contributed by atoms with Crippen LogP contribution in [-0.4, -0.2) is 36.6 Å². The second-order valence-electron chi connectivity index (χ2n) is 7.44. The fraction of sp³-hybridized carbons (Fsp3) is 0.300. The van der Waals surface area contributed by atoms with E-state index in [9.17, 15) is 9.59 Å². The zero-order valence-electron chi connectivity index (χ0n) is 16.2. The van der Waals surface area contributed by atoms with Crippen LogP contribution >= 0.6 is 0 Å². The van der Waals surface area contributed by atoms with Gasteiger partial charge in [0.25, 0.3) is 5.56 Å². The van der Waals surface area contributed by atoms with Crippen molar-refractivity contribution in [3.63, 3.8) is 0 Å². The predicted molar refractivity (Wildman–Crippen MR) is 108 cm³/mol. The van der Waals surface area contributed by atoms with E-state index in [4.69, 9.17) is 0 Å². The molecule has 1 amide bonds. The van der Waals surface area contributed by atoms with Crippen LogP contribution in [0.1, 0.15) is 39.2 Å². The van der Waals surface area contributed by atoms with Crippen LogP contribution in [0.25, 0.3) is 27.6 Å². The largest absolute Gasteiger partial charge is 0.344 e. The molecule has 0 aliphatic carbocycles. The lowest BCUT2D eigenvalue weighted by Gasteiger charge is -2.07. The fourth-order valence-corrected chi connectivity index (χ4v) is 3.19. The molecule has 28 heavy (non-hydrogen) atoms. The van der Waals surface area contributed by atoms with E-state index in [0.717, 1.165) is 5.69 Å². The summed E-state index contributed by atoms with van der Waals surface area (Å²) in [5, 5.41) is 11.1. The molecule has 0 bridgehead atoms. The molecule has 0 radical (unpaired) electrons. The Morgan fingerprint density at radius 2 is 1.79 bits per heavy atom. The third kappa shape index (κ3) is 2.87. The summed E-state index contributed by atoms with van der Waals surface area (Å²) in [4.78, 5) is 29.5. The van der Waals surface area contributed by atoms with Gasteiger partial charge in [-0.3, -0.25) is 9.89 Å². The van der Waals surface area contributed by atoms with Gasteiger partial charge in [-0.2, -0.15) is 9.78 Å². The van der Waals surface area contributed by atoms with Gasteiger partial charge in [-0.1, -0.05) is 26.0 Å². The maximum Gasteiger partial charge on any atom is 0.344 e. The molecule has 4 rings (SSSR count). The summed E-state index contributed by atoms with van der Waals surface area (Å²) >= 11 is 0. The van der Waals surface area contributed by atoms with Gasteiger partial charge < -0.3 is 5.32 Å². The zero-order valence-corrected chi connectivity index (χ0v) is 16.2. The molecule has 1 aromatic carbocycles. The third-order valence-electron chi connectivity index (χ3n) is 4.68. The maximum atomic E-state index is 12.9. The van der Waals surface area contributed by atoms with Crippen LogP contribution in [0.2, 0.25) is 0 Å². The standard InChI is InChI=1S/C20H22N6O2/c1-11(2)13-5-7-14(8-6-13)25-19(27)16-9-21-18-15(17(16)24-25)10-22-26(18)20(28)23-12(3)4/h5-12,24H,1-4H3,(H,23,28). The van der Waals surface area contributed by atoms with Gasteiger partial charge in [0.2, 0.25) is 0 Å². The quantitative estimate of drug-likeness (QED) is 0.572. The van der Waals surface area contributed by atoms with E-state index < -0.39 is 0 Å². The Bertz CT molecular complexity index is 1230. The summed E-state index contributed by atoms with van der Waals surface area (Å²) in [6.45, 7) is 7.99. The van der Waals surface area contributed by atoms with Crippen molar-refractivity contribution in [3.8, 4) is 5.69 Å². The second-order valence-corrected chi connectivity index (χ2v) is 7.44. The van der Waals surface area contributed by atoms with Crippen LogP contribution < -0.4 is 10.9 Å². The fourth-order valence-electron chi connectivity index (χ4n) is 3.19. The second kappa shape index (κ2) is 6.63. The number of nitrogens with zero attached hydrogens (tertiary/aromatic N) is 4. The Hall–Kier alpha value is -3.42. The third-order valence-corrected chi connectivity index (χ3v) is 4.68. The minimum atomic E-state index is -0.358. The van der Waals surface area contributed by atoms with Crippen molar-refractivity contribution in [3.05, 3.63) is 52.6 Å². The Balaban J connectivity index is 1.84. The molecule has 2 N–H and O–H groups in total. The molecular formula is C20H22N6O2. The van der Waals surface area contributed by atoms with E-state index in [1.807, 2.05) is 38.1 Å². The smallest absolute Gasteiger partial charge is 0.334 e. The van der Waals surface area contributed by atoms with E-state index in [1.165, 1.54) is 21.1 Å². The molecule has 0 unspecified atom stereocenters. The number of rotatable bonds is 3. The number of carbonyl (C=O) groups excluding carboxylic acids is 1. The Morgan fingerprint density at radius 1 is 1.07 bits per heavy atom. The molecule has 0 aliphatic rings. The average molecular weight is 378 g/mol. The number of benzene rings is 1. The summed E-state index contributed by atoms with van der Waals surface area (Å²) in [5.41, 5.74) is 2.75. The Kier molecular flexibility index (Phi) is 4.26. The molecular weight excluding hydrogens is 356 g/mol. The number of aromatic amines is 1. The van der Waals surface area contributed by atoms with Crippen molar-refractivity contribution in [1.29, 1.82) is 0 Å². The maximum absolute atomic E-state index is 12.9. The highest BCUT2D eigenvalue weighted by Gasteiger charge is 2.18. The lowest BCUT2D eigenvalue weighted by molar-refractivity contribution is 0.238. The van der Waals surface area contributed by atoms with Crippen LogP contribution in [0.15, 0.2) is 41.5 Å². The number of hydrogen-bond donors (Lipinski definition) is 2. The number of amides is 1. The lowest BCUT2D eigenvalue weighted by Crippen LogP contribution is -2.34. The van der Waals surface area contributed by atoms with Gasteiger partial charge in [-0.05, 0) is 37.5 Å². The van der Waals surface area contributed by atoms with Gasteiger partial charge in [0.1, 0.15) is 0 Å². The zero-order chi connectivity index (χ0) is 20.0. The van der Waals surface area contributed by atoms with Gasteiger partial charge in [-0.25, -0.2) is 14.5 Å². The minimum Gasteiger partial charge on any atom is -0.334 e. The summed E-state index contributed by atoms with van der Waals surface area (Å²) in [6, 6.07) is 7.47. The molecule has 0 saturated heterocycles. The monoisotopic (exact) mass is 378 g/mol. The van der Waals surface area contributed by atoms with Crippen molar-refractivity contribution in [1.82, 2.24) is 29.9 Å². The number of nitrogens with one attached hydrogen (secondary N) is 2. The molecule has 144 valence electrons. The molecule has 8 heteroatoms. The number of carbonyl (C=O) groups is 1. The van der Waals surface area contributed by atoms with Crippen LogP contribution in [0.3, 0.4) is 0 Å². The normalized spacial score (nSPS) is 11.8. The first-order valence-electron chi connectivity index (χ1n) is 9.25. The molecule has 0 atom stereocenters. The highest BCUT2D eigenvalue weighted by Crippen LogP contribution is 2.21. The SMILES string of the molecule is CC(C)NC(=O)n1ncc2c3[nH]n(-c4ccc(C(C)C)cc4)c(=O)c3cnc21.